The number of halogens is 4. The lowest BCUT2D eigenvalue weighted by atomic mass is 10.2. The van der Waals surface area contributed by atoms with Crippen LogP contribution in [-0.2, 0) is 32.3 Å². The second-order valence-corrected chi connectivity index (χ2v) is 9.11. The maximum absolute atomic E-state index is 13.0. The molecule has 0 bridgehead atoms. The van der Waals surface area contributed by atoms with Crippen LogP contribution in [0.4, 0.5) is 17.6 Å². The molecule has 170 valence electrons. The van der Waals surface area contributed by atoms with Crippen molar-refractivity contribution in [2.24, 2.45) is 0 Å². The first kappa shape index (κ1) is 23.8. The van der Waals surface area contributed by atoms with Crippen molar-refractivity contribution in [1.82, 2.24) is 9.71 Å². The second-order valence-electron chi connectivity index (χ2n) is 6.48. The van der Waals surface area contributed by atoms with Crippen molar-refractivity contribution in [2.45, 2.75) is 24.1 Å². The first-order valence-electron chi connectivity index (χ1n) is 9.07. The number of alkyl halides is 3. The average molecular weight is 488 g/mol. The van der Waals surface area contributed by atoms with Crippen LogP contribution in [0.15, 0.2) is 58.8 Å². The largest absolute Gasteiger partial charge is 0.459 e. The predicted molar refractivity (Wildman–Crippen MR) is 109 cm³/mol. The summed E-state index contributed by atoms with van der Waals surface area (Å²) in [7, 11) is -4.23. The van der Waals surface area contributed by atoms with E-state index in [0.717, 1.165) is 18.2 Å². The fraction of sp³-hybridized carbons (Fsp3) is 0.200. The molecule has 0 saturated heterocycles. The van der Waals surface area contributed by atoms with Gasteiger partial charge in [0.15, 0.2) is 0 Å². The van der Waals surface area contributed by atoms with Gasteiger partial charge in [0.1, 0.15) is 17.4 Å². The first-order chi connectivity index (χ1) is 15.0. The van der Waals surface area contributed by atoms with Gasteiger partial charge in [0.05, 0.1) is 22.6 Å². The minimum atomic E-state index is -4.68. The van der Waals surface area contributed by atoms with Crippen LogP contribution in [0.1, 0.15) is 17.7 Å². The van der Waals surface area contributed by atoms with Crippen molar-refractivity contribution in [3.8, 4) is 10.6 Å². The Hall–Kier alpha value is -2.83. The number of carbonyl (C=O) groups is 1. The van der Waals surface area contributed by atoms with Gasteiger partial charge in [-0.1, -0.05) is 6.07 Å². The molecule has 2 aromatic carbocycles. The Morgan fingerprint density at radius 3 is 2.53 bits per heavy atom. The molecule has 3 rings (SSSR count). The fourth-order valence-corrected chi connectivity index (χ4v) is 4.42. The lowest BCUT2D eigenvalue weighted by Gasteiger charge is -2.10. The fourth-order valence-electron chi connectivity index (χ4n) is 2.54. The number of rotatable bonds is 8. The number of aromatic nitrogens is 1. The molecular weight excluding hydrogens is 472 g/mol. The zero-order valence-corrected chi connectivity index (χ0v) is 17.9. The third-order valence-electron chi connectivity index (χ3n) is 4.12. The SMILES string of the molecule is O=C(CCNS(=O)(=O)c1cccc(C(F)(F)F)c1)OCc1csc(-c2ccc(F)cc2)n1. The van der Waals surface area contributed by atoms with E-state index in [9.17, 15) is 30.8 Å². The molecule has 0 spiro atoms. The quantitative estimate of drug-likeness (QED) is 0.376. The molecule has 0 aliphatic carbocycles. The number of thiazole rings is 1. The Bertz CT molecular complexity index is 1190. The molecule has 3 aromatic rings. The summed E-state index contributed by atoms with van der Waals surface area (Å²) in [4.78, 5) is 15.6. The molecule has 0 radical (unpaired) electrons. The molecule has 0 atom stereocenters. The van der Waals surface area contributed by atoms with Crippen molar-refractivity contribution in [1.29, 1.82) is 0 Å². The summed E-state index contributed by atoms with van der Waals surface area (Å²) in [6.45, 7) is -0.494. The van der Waals surface area contributed by atoms with Crippen molar-refractivity contribution in [3.63, 3.8) is 0 Å². The minimum Gasteiger partial charge on any atom is -0.459 e. The molecule has 0 saturated carbocycles. The molecule has 0 aliphatic heterocycles. The molecule has 0 unspecified atom stereocenters. The molecule has 0 fully saturated rings. The van der Waals surface area contributed by atoms with Crippen molar-refractivity contribution in [3.05, 3.63) is 71.0 Å². The van der Waals surface area contributed by atoms with Crippen LogP contribution in [0.2, 0.25) is 0 Å². The summed E-state index contributed by atoms with van der Waals surface area (Å²) in [5.41, 5.74) is 0.0771. The normalized spacial score (nSPS) is 12.0. The second kappa shape index (κ2) is 9.76. The highest BCUT2D eigenvalue weighted by atomic mass is 32.2. The van der Waals surface area contributed by atoms with Gasteiger partial charge < -0.3 is 4.74 Å². The topological polar surface area (TPSA) is 85.4 Å². The summed E-state index contributed by atoms with van der Waals surface area (Å²) < 4.78 is 82.7. The number of nitrogens with zero attached hydrogens (tertiary/aromatic N) is 1. The third kappa shape index (κ3) is 6.34. The first-order valence-corrected chi connectivity index (χ1v) is 11.4. The van der Waals surface area contributed by atoms with E-state index in [1.807, 2.05) is 0 Å². The van der Waals surface area contributed by atoms with Crippen LogP contribution in [0.25, 0.3) is 10.6 Å². The Kier molecular flexibility index (Phi) is 7.26. The number of hydrogen-bond donors (Lipinski definition) is 1. The van der Waals surface area contributed by atoms with E-state index >= 15 is 0 Å². The van der Waals surface area contributed by atoms with E-state index in [2.05, 4.69) is 9.71 Å². The average Bonchev–Trinajstić information content (AvgIpc) is 3.21. The highest BCUT2D eigenvalue weighted by Gasteiger charge is 2.31. The van der Waals surface area contributed by atoms with Crippen LogP contribution in [0.5, 0.6) is 0 Å². The van der Waals surface area contributed by atoms with Gasteiger partial charge in [-0.3, -0.25) is 4.79 Å². The molecule has 0 aliphatic rings. The van der Waals surface area contributed by atoms with E-state index in [1.165, 1.54) is 23.5 Å². The van der Waals surface area contributed by atoms with Crippen molar-refractivity contribution < 1.29 is 35.5 Å². The maximum Gasteiger partial charge on any atom is 0.416 e. The van der Waals surface area contributed by atoms with E-state index in [1.54, 1.807) is 17.5 Å². The summed E-state index contributed by atoms with van der Waals surface area (Å²) >= 11 is 1.29. The zero-order valence-electron chi connectivity index (χ0n) is 16.2. The highest BCUT2D eigenvalue weighted by Crippen LogP contribution is 2.30. The lowest BCUT2D eigenvalue weighted by Crippen LogP contribution is -2.27. The van der Waals surface area contributed by atoms with Crippen molar-refractivity contribution in [2.75, 3.05) is 6.54 Å². The predicted octanol–water partition coefficient (Wildman–Crippen LogP) is 4.38. The Labute approximate surface area is 184 Å². The number of ether oxygens (including phenoxy) is 1. The zero-order chi connectivity index (χ0) is 23.4. The van der Waals surface area contributed by atoms with Gasteiger partial charge in [0.25, 0.3) is 0 Å². The molecule has 6 nitrogen and oxygen atoms in total. The smallest absolute Gasteiger partial charge is 0.416 e. The Morgan fingerprint density at radius 1 is 1.12 bits per heavy atom. The molecule has 12 heteroatoms. The van der Waals surface area contributed by atoms with Crippen molar-refractivity contribution >= 4 is 27.3 Å². The number of nitrogens with one attached hydrogen (secondary N) is 1. The number of sulfonamides is 1. The van der Waals surface area contributed by atoms with E-state index < -0.39 is 32.6 Å². The summed E-state index contributed by atoms with van der Waals surface area (Å²) in [5, 5.41) is 2.28. The van der Waals surface area contributed by atoms with Gasteiger partial charge in [-0.2, -0.15) is 13.2 Å². The number of carbonyl (C=O) groups excluding carboxylic acids is 1. The standard InChI is InChI=1S/C20H16F4N2O4S2/c21-15-6-4-13(5-7-15)19-26-16(12-31-19)11-30-18(27)8-9-25-32(28,29)17-3-1-2-14(10-17)20(22,23)24/h1-7,10,12,25H,8-9,11H2. The van der Waals surface area contributed by atoms with E-state index in [0.29, 0.717) is 22.3 Å². The molecular formula is C20H16F4N2O4S2. The van der Waals surface area contributed by atoms with Gasteiger partial charge in [-0.05, 0) is 42.5 Å². The molecule has 32 heavy (non-hydrogen) atoms. The molecule has 1 aromatic heterocycles. The monoisotopic (exact) mass is 488 g/mol. The molecule has 1 heterocycles. The van der Waals surface area contributed by atoms with E-state index in [-0.39, 0.29) is 25.4 Å². The van der Waals surface area contributed by atoms with Gasteiger partial charge >= 0.3 is 12.1 Å². The molecule has 1 N–H and O–H groups in total. The number of esters is 1. The summed E-state index contributed by atoms with van der Waals surface area (Å²) in [5.74, 6) is -1.09. The minimum absolute atomic E-state index is 0.142. The van der Waals surface area contributed by atoms with Crippen LogP contribution in [-0.4, -0.2) is 25.9 Å². The van der Waals surface area contributed by atoms with Gasteiger partial charge in [-0.15, -0.1) is 11.3 Å². The number of hydrogen-bond acceptors (Lipinski definition) is 6. The maximum atomic E-state index is 13.0. The van der Waals surface area contributed by atoms with Crippen LogP contribution >= 0.6 is 11.3 Å². The summed E-state index contributed by atoms with van der Waals surface area (Å²) in [6, 6.07) is 9.03. The van der Waals surface area contributed by atoms with Gasteiger partial charge in [-0.25, -0.2) is 22.5 Å². The van der Waals surface area contributed by atoms with Gasteiger partial charge in [0, 0.05) is 17.5 Å². The van der Waals surface area contributed by atoms with Gasteiger partial charge in [0.2, 0.25) is 10.0 Å². The Balaban J connectivity index is 1.49. The lowest BCUT2D eigenvalue weighted by molar-refractivity contribution is -0.144. The van der Waals surface area contributed by atoms with Crippen LogP contribution in [0, 0.1) is 5.82 Å². The molecule has 0 amide bonds. The third-order valence-corrected chi connectivity index (χ3v) is 6.52. The van der Waals surface area contributed by atoms with Crippen LogP contribution < -0.4 is 4.72 Å². The van der Waals surface area contributed by atoms with Crippen LogP contribution in [0.3, 0.4) is 0 Å². The summed E-state index contributed by atoms with van der Waals surface area (Å²) in [6.07, 6.45) is -5.01. The number of benzene rings is 2. The highest BCUT2D eigenvalue weighted by molar-refractivity contribution is 7.89. The Morgan fingerprint density at radius 2 is 1.84 bits per heavy atom. The van der Waals surface area contributed by atoms with E-state index in [4.69, 9.17) is 4.74 Å².